The van der Waals surface area contributed by atoms with Crippen molar-refractivity contribution in [3.05, 3.63) is 100 Å². The van der Waals surface area contributed by atoms with Gasteiger partial charge in [-0.15, -0.1) is 11.3 Å². The van der Waals surface area contributed by atoms with Gasteiger partial charge in [0.2, 0.25) is 0 Å². The summed E-state index contributed by atoms with van der Waals surface area (Å²) in [5, 5.41) is 21.5. The quantitative estimate of drug-likeness (QED) is 0.402. The summed E-state index contributed by atoms with van der Waals surface area (Å²) in [5.74, 6) is 0.355. The molecule has 1 atom stereocenters. The van der Waals surface area contributed by atoms with Crippen LogP contribution in [-0.4, -0.2) is 15.9 Å². The molecule has 4 aromatic rings. The van der Waals surface area contributed by atoms with Crippen molar-refractivity contribution in [2.75, 3.05) is 4.90 Å². The SMILES string of the molecule is N=C1C(c2nc3ccccc3s2)=C(O)C(c2ccccc2)N1c1ccc(Cl)cc1. The van der Waals surface area contributed by atoms with Gasteiger partial charge in [-0.1, -0.05) is 54.1 Å². The Labute approximate surface area is 176 Å². The van der Waals surface area contributed by atoms with Crippen LogP contribution < -0.4 is 4.90 Å². The molecule has 0 spiro atoms. The van der Waals surface area contributed by atoms with Gasteiger partial charge in [0.15, 0.2) is 0 Å². The first-order chi connectivity index (χ1) is 14.1. The number of aliphatic hydroxyl groups excluding tert-OH is 1. The maximum absolute atomic E-state index is 11.3. The highest BCUT2D eigenvalue weighted by Gasteiger charge is 2.40. The number of fused-ring (bicyclic) bond motifs is 1. The van der Waals surface area contributed by atoms with Crippen molar-refractivity contribution < 1.29 is 5.11 Å². The summed E-state index contributed by atoms with van der Waals surface area (Å²) in [6.45, 7) is 0. The Hall–Kier alpha value is -3.15. The van der Waals surface area contributed by atoms with E-state index in [0.29, 0.717) is 15.6 Å². The number of halogens is 1. The molecule has 1 aromatic heterocycles. The summed E-state index contributed by atoms with van der Waals surface area (Å²) in [6, 6.07) is 24.4. The monoisotopic (exact) mass is 417 g/mol. The standard InChI is InChI=1S/C23H16ClN3OS/c24-15-10-12-16(13-11-15)27-20(14-6-2-1-3-7-14)21(28)19(22(27)25)23-26-17-8-4-5-9-18(17)29-23/h1-13,20,25,28H. The van der Waals surface area contributed by atoms with Gasteiger partial charge in [0.05, 0.1) is 15.8 Å². The lowest BCUT2D eigenvalue weighted by molar-refractivity contribution is 0.379. The number of anilines is 1. The van der Waals surface area contributed by atoms with Gasteiger partial charge in [0, 0.05) is 10.7 Å². The second-order valence-corrected chi connectivity index (χ2v) is 8.22. The predicted octanol–water partition coefficient (Wildman–Crippen LogP) is 6.46. The smallest absolute Gasteiger partial charge is 0.140 e. The maximum Gasteiger partial charge on any atom is 0.140 e. The highest BCUT2D eigenvalue weighted by atomic mass is 35.5. The third kappa shape index (κ3) is 2.99. The van der Waals surface area contributed by atoms with E-state index in [-0.39, 0.29) is 11.6 Å². The Morgan fingerprint density at radius 3 is 2.34 bits per heavy atom. The number of benzene rings is 3. The van der Waals surface area contributed by atoms with Gasteiger partial charge in [-0.05, 0) is 42.0 Å². The van der Waals surface area contributed by atoms with Crippen LogP contribution in [0.25, 0.3) is 15.8 Å². The van der Waals surface area contributed by atoms with Gasteiger partial charge >= 0.3 is 0 Å². The number of aromatic nitrogens is 1. The predicted molar refractivity (Wildman–Crippen MR) is 120 cm³/mol. The van der Waals surface area contributed by atoms with Crippen molar-refractivity contribution in [1.29, 1.82) is 5.41 Å². The van der Waals surface area contributed by atoms with Crippen molar-refractivity contribution >= 4 is 50.3 Å². The van der Waals surface area contributed by atoms with E-state index in [9.17, 15) is 5.11 Å². The Morgan fingerprint density at radius 1 is 0.931 bits per heavy atom. The Kier molecular flexibility index (Phi) is 4.34. The molecule has 0 bridgehead atoms. The summed E-state index contributed by atoms with van der Waals surface area (Å²) in [5.41, 5.74) is 3.02. The normalized spacial score (nSPS) is 16.8. The summed E-state index contributed by atoms with van der Waals surface area (Å²) in [7, 11) is 0. The van der Waals surface area contributed by atoms with Gasteiger partial charge in [-0.3, -0.25) is 5.41 Å². The summed E-state index contributed by atoms with van der Waals surface area (Å²) >= 11 is 7.55. The molecule has 6 heteroatoms. The largest absolute Gasteiger partial charge is 0.509 e. The molecule has 0 fully saturated rings. The molecule has 0 radical (unpaired) electrons. The van der Waals surface area contributed by atoms with E-state index in [4.69, 9.17) is 17.0 Å². The van der Waals surface area contributed by atoms with E-state index in [0.717, 1.165) is 21.5 Å². The Bertz CT molecular complexity index is 1220. The van der Waals surface area contributed by atoms with Crippen LogP contribution in [0.1, 0.15) is 16.6 Å². The van der Waals surface area contributed by atoms with Crippen molar-refractivity contribution in [1.82, 2.24) is 4.98 Å². The second-order valence-electron chi connectivity index (χ2n) is 6.76. The summed E-state index contributed by atoms with van der Waals surface area (Å²) < 4.78 is 1.02. The minimum Gasteiger partial charge on any atom is -0.509 e. The van der Waals surface area contributed by atoms with Crippen LogP contribution in [-0.2, 0) is 0 Å². The van der Waals surface area contributed by atoms with Crippen molar-refractivity contribution in [3.63, 3.8) is 0 Å². The van der Waals surface area contributed by atoms with Crippen molar-refractivity contribution in [2.24, 2.45) is 0 Å². The number of rotatable bonds is 3. The van der Waals surface area contributed by atoms with E-state index in [1.807, 2.05) is 71.6 Å². The second kappa shape index (κ2) is 7.03. The van der Waals surface area contributed by atoms with E-state index in [1.165, 1.54) is 11.3 Å². The molecule has 4 nitrogen and oxygen atoms in total. The van der Waals surface area contributed by atoms with Gasteiger partial charge in [0.25, 0.3) is 0 Å². The molecule has 0 saturated carbocycles. The number of amidine groups is 1. The molecular formula is C23H16ClN3OS. The number of hydrogen-bond acceptors (Lipinski definition) is 4. The average molecular weight is 418 g/mol. The molecular weight excluding hydrogens is 402 g/mol. The van der Waals surface area contributed by atoms with Gasteiger partial charge in [-0.2, -0.15) is 0 Å². The highest BCUT2D eigenvalue weighted by molar-refractivity contribution is 7.19. The van der Waals surface area contributed by atoms with Gasteiger partial charge < -0.3 is 10.0 Å². The van der Waals surface area contributed by atoms with Crippen molar-refractivity contribution in [2.45, 2.75) is 6.04 Å². The summed E-state index contributed by atoms with van der Waals surface area (Å²) in [6.07, 6.45) is 0. The first-order valence-electron chi connectivity index (χ1n) is 9.11. The lowest BCUT2D eigenvalue weighted by Crippen LogP contribution is -2.29. The van der Waals surface area contributed by atoms with Crippen LogP contribution in [0.4, 0.5) is 5.69 Å². The molecule has 3 aromatic carbocycles. The fourth-order valence-corrected chi connectivity index (χ4v) is 4.79. The number of para-hydroxylation sites is 1. The molecule has 1 aliphatic heterocycles. The molecule has 0 amide bonds. The van der Waals surface area contributed by atoms with Crippen LogP contribution in [0.2, 0.25) is 5.02 Å². The zero-order valence-corrected chi connectivity index (χ0v) is 16.8. The molecule has 5 rings (SSSR count). The molecule has 1 aliphatic rings. The highest BCUT2D eigenvalue weighted by Crippen LogP contribution is 2.44. The molecule has 2 N–H and O–H groups in total. The Balaban J connectivity index is 1.69. The minimum atomic E-state index is -0.494. The number of hydrogen-bond donors (Lipinski definition) is 2. The van der Waals surface area contributed by atoms with E-state index < -0.39 is 6.04 Å². The van der Waals surface area contributed by atoms with Gasteiger partial charge in [0.1, 0.15) is 22.6 Å². The average Bonchev–Trinajstić information content (AvgIpc) is 3.27. The minimum absolute atomic E-state index is 0.134. The molecule has 1 unspecified atom stereocenters. The number of nitrogens with one attached hydrogen (secondary N) is 1. The molecule has 0 saturated heterocycles. The van der Waals surface area contributed by atoms with Crippen molar-refractivity contribution in [3.8, 4) is 0 Å². The number of thiazole rings is 1. The lowest BCUT2D eigenvalue weighted by atomic mass is 10.0. The third-order valence-electron chi connectivity index (χ3n) is 4.98. The summed E-state index contributed by atoms with van der Waals surface area (Å²) in [4.78, 5) is 6.50. The first kappa shape index (κ1) is 17.9. The fourth-order valence-electron chi connectivity index (χ4n) is 3.64. The van der Waals surface area contributed by atoms with Crippen LogP contribution in [0.5, 0.6) is 0 Å². The zero-order valence-electron chi connectivity index (χ0n) is 15.2. The fraction of sp³-hybridized carbons (Fsp3) is 0.0435. The third-order valence-corrected chi connectivity index (χ3v) is 6.28. The molecule has 2 heterocycles. The van der Waals surface area contributed by atoms with Gasteiger partial charge in [-0.25, -0.2) is 4.98 Å². The number of aliphatic hydroxyl groups is 1. The van der Waals surface area contributed by atoms with E-state index in [2.05, 4.69) is 4.98 Å². The van der Waals surface area contributed by atoms with Crippen LogP contribution in [0.3, 0.4) is 0 Å². The molecule has 142 valence electrons. The number of nitrogens with zero attached hydrogens (tertiary/aromatic N) is 2. The first-order valence-corrected chi connectivity index (χ1v) is 10.3. The molecule has 0 aliphatic carbocycles. The Morgan fingerprint density at radius 2 is 1.62 bits per heavy atom. The van der Waals surface area contributed by atoms with Crippen LogP contribution in [0, 0.1) is 5.41 Å². The van der Waals surface area contributed by atoms with Crippen LogP contribution >= 0.6 is 22.9 Å². The zero-order chi connectivity index (χ0) is 20.0. The maximum atomic E-state index is 11.3. The van der Waals surface area contributed by atoms with E-state index >= 15 is 0 Å². The van der Waals surface area contributed by atoms with Crippen LogP contribution in [0.15, 0.2) is 84.6 Å². The molecule has 29 heavy (non-hydrogen) atoms. The topological polar surface area (TPSA) is 60.2 Å². The lowest BCUT2D eigenvalue weighted by Gasteiger charge is -2.27. The van der Waals surface area contributed by atoms with E-state index in [1.54, 1.807) is 12.1 Å².